The van der Waals surface area contributed by atoms with Crippen molar-refractivity contribution in [1.82, 2.24) is 14.1 Å². The highest BCUT2D eigenvalue weighted by Crippen LogP contribution is 2.49. The van der Waals surface area contributed by atoms with Crippen molar-refractivity contribution in [3.63, 3.8) is 0 Å². The average molecular weight is 602 g/mol. The van der Waals surface area contributed by atoms with Gasteiger partial charge >= 0.3 is 0 Å². The van der Waals surface area contributed by atoms with Crippen molar-refractivity contribution in [2.45, 2.75) is 19.3 Å². The lowest BCUT2D eigenvalue weighted by atomic mass is 9.82. The number of benzene rings is 6. The molecule has 1 aliphatic rings. The first-order valence-electron chi connectivity index (χ1n) is 16.3. The second-order valence-electron chi connectivity index (χ2n) is 13.3. The number of hydrogen-bond donors (Lipinski definition) is 0. The van der Waals surface area contributed by atoms with E-state index in [1.807, 2.05) is 12.3 Å². The van der Waals surface area contributed by atoms with Gasteiger partial charge in [0.25, 0.3) is 0 Å². The molecular formula is C44H31N3. The maximum Gasteiger partial charge on any atom is 0.145 e. The van der Waals surface area contributed by atoms with E-state index in [9.17, 15) is 0 Å². The highest BCUT2D eigenvalue weighted by Gasteiger charge is 2.35. The molecular weight excluding hydrogens is 571 g/mol. The maximum atomic E-state index is 4.85. The molecule has 0 saturated heterocycles. The zero-order valence-electron chi connectivity index (χ0n) is 26.3. The topological polar surface area (TPSA) is 22.8 Å². The second kappa shape index (κ2) is 9.54. The van der Waals surface area contributed by atoms with E-state index in [-0.39, 0.29) is 5.41 Å². The first kappa shape index (κ1) is 26.3. The van der Waals surface area contributed by atoms with Crippen LogP contribution >= 0.6 is 0 Å². The monoisotopic (exact) mass is 601 g/mol. The standard InChI is InChI=1S/C44H31N3/c1-44(2)38-16-8-6-13-32(38)36-25-28(18-22-39(36)44)29-19-23-41-37(26-29)34-21-20-31(27-42(34)46(41)30-11-4-3-5-12-30)47-40-17-9-7-14-33(40)35-15-10-24-45-43(35)47/h3-27H,1-2H3. The predicted molar refractivity (Wildman–Crippen MR) is 196 cm³/mol. The minimum Gasteiger partial charge on any atom is -0.309 e. The van der Waals surface area contributed by atoms with E-state index in [2.05, 4.69) is 163 Å². The molecule has 3 aromatic heterocycles. The fourth-order valence-corrected chi connectivity index (χ4v) is 8.14. The van der Waals surface area contributed by atoms with Gasteiger partial charge < -0.3 is 4.57 Å². The molecule has 0 amide bonds. The third-order valence-electron chi connectivity index (χ3n) is 10.4. The van der Waals surface area contributed by atoms with Crippen LogP contribution in [0.3, 0.4) is 0 Å². The Morgan fingerprint density at radius 3 is 2.06 bits per heavy atom. The molecule has 10 rings (SSSR count). The van der Waals surface area contributed by atoms with Gasteiger partial charge in [-0.05, 0) is 94.0 Å². The van der Waals surface area contributed by atoms with Crippen molar-refractivity contribution in [2.24, 2.45) is 0 Å². The Morgan fingerprint density at radius 1 is 0.447 bits per heavy atom. The van der Waals surface area contributed by atoms with Gasteiger partial charge in [0.1, 0.15) is 5.65 Å². The van der Waals surface area contributed by atoms with E-state index in [1.54, 1.807) is 0 Å². The second-order valence-corrected chi connectivity index (χ2v) is 13.3. The van der Waals surface area contributed by atoms with E-state index in [0.29, 0.717) is 0 Å². The van der Waals surface area contributed by atoms with Crippen LogP contribution < -0.4 is 0 Å². The van der Waals surface area contributed by atoms with Gasteiger partial charge in [-0.2, -0.15) is 0 Å². The molecule has 222 valence electrons. The van der Waals surface area contributed by atoms with E-state index < -0.39 is 0 Å². The van der Waals surface area contributed by atoms with Gasteiger partial charge in [0.05, 0.1) is 16.6 Å². The van der Waals surface area contributed by atoms with Crippen molar-refractivity contribution < 1.29 is 0 Å². The molecule has 0 unspecified atom stereocenters. The van der Waals surface area contributed by atoms with Gasteiger partial charge in [0, 0.05) is 44.5 Å². The minimum absolute atomic E-state index is 0.00110. The van der Waals surface area contributed by atoms with E-state index in [1.165, 1.54) is 60.6 Å². The smallest absolute Gasteiger partial charge is 0.145 e. The number of pyridine rings is 1. The predicted octanol–water partition coefficient (Wildman–Crippen LogP) is 11.2. The van der Waals surface area contributed by atoms with E-state index in [0.717, 1.165) is 27.9 Å². The van der Waals surface area contributed by atoms with Crippen LogP contribution in [0, 0.1) is 0 Å². The van der Waals surface area contributed by atoms with Gasteiger partial charge in [-0.15, -0.1) is 0 Å². The van der Waals surface area contributed by atoms with Gasteiger partial charge in [-0.25, -0.2) is 4.98 Å². The van der Waals surface area contributed by atoms with Crippen LogP contribution in [0.4, 0.5) is 0 Å². The molecule has 0 bridgehead atoms. The molecule has 3 heteroatoms. The summed E-state index contributed by atoms with van der Waals surface area (Å²) in [6.45, 7) is 4.68. The molecule has 9 aromatic rings. The van der Waals surface area contributed by atoms with Crippen LogP contribution in [0.1, 0.15) is 25.0 Å². The highest BCUT2D eigenvalue weighted by atomic mass is 15.1. The SMILES string of the molecule is CC1(C)c2ccccc2-c2cc(-c3ccc4c(c3)c3ccc(-n5c6ccccc6c6cccnc65)cc3n4-c3ccccc3)ccc21. The summed E-state index contributed by atoms with van der Waals surface area (Å²) < 4.78 is 4.70. The van der Waals surface area contributed by atoms with Crippen LogP contribution in [0.25, 0.3) is 77.4 Å². The number of para-hydroxylation sites is 2. The Bertz CT molecular complexity index is 2650. The first-order valence-corrected chi connectivity index (χ1v) is 16.3. The largest absolute Gasteiger partial charge is 0.309 e. The Labute approximate surface area is 273 Å². The Hall–Kier alpha value is -5.93. The van der Waals surface area contributed by atoms with E-state index in [4.69, 9.17) is 4.98 Å². The fraction of sp³-hybridized carbons (Fsp3) is 0.0682. The van der Waals surface area contributed by atoms with Crippen molar-refractivity contribution >= 4 is 43.7 Å². The maximum absolute atomic E-state index is 4.85. The zero-order valence-corrected chi connectivity index (χ0v) is 26.3. The summed E-state index contributed by atoms with van der Waals surface area (Å²) in [5, 5.41) is 4.85. The van der Waals surface area contributed by atoms with Crippen LogP contribution in [0.15, 0.2) is 152 Å². The third-order valence-corrected chi connectivity index (χ3v) is 10.4. The van der Waals surface area contributed by atoms with Crippen LogP contribution in [0.5, 0.6) is 0 Å². The zero-order chi connectivity index (χ0) is 31.3. The van der Waals surface area contributed by atoms with Crippen LogP contribution in [0.2, 0.25) is 0 Å². The average Bonchev–Trinajstić information content (AvgIpc) is 3.71. The molecule has 0 aliphatic heterocycles. The molecule has 0 saturated carbocycles. The van der Waals surface area contributed by atoms with Crippen LogP contribution in [-0.2, 0) is 5.41 Å². The number of hydrogen-bond acceptors (Lipinski definition) is 1. The summed E-state index contributed by atoms with van der Waals surface area (Å²) in [5.41, 5.74) is 14.7. The summed E-state index contributed by atoms with van der Waals surface area (Å²) >= 11 is 0. The van der Waals surface area contributed by atoms with Gasteiger partial charge in [-0.1, -0.05) is 98.8 Å². The van der Waals surface area contributed by atoms with Crippen molar-refractivity contribution in [1.29, 1.82) is 0 Å². The highest BCUT2D eigenvalue weighted by molar-refractivity contribution is 6.12. The lowest BCUT2D eigenvalue weighted by Crippen LogP contribution is -2.14. The Kier molecular flexibility index (Phi) is 5.34. The molecule has 1 aliphatic carbocycles. The number of rotatable bonds is 3. The Morgan fingerprint density at radius 2 is 1.15 bits per heavy atom. The summed E-state index contributed by atoms with van der Waals surface area (Å²) in [5.74, 6) is 0. The van der Waals surface area contributed by atoms with Crippen molar-refractivity contribution in [3.05, 3.63) is 163 Å². The molecule has 0 fully saturated rings. The van der Waals surface area contributed by atoms with Crippen molar-refractivity contribution in [3.8, 4) is 33.6 Å². The molecule has 0 N–H and O–H groups in total. The molecule has 3 nitrogen and oxygen atoms in total. The molecule has 0 spiro atoms. The first-order chi connectivity index (χ1) is 23.1. The molecule has 3 heterocycles. The Balaban J connectivity index is 1.21. The number of nitrogens with zero attached hydrogens (tertiary/aromatic N) is 3. The summed E-state index contributed by atoms with van der Waals surface area (Å²) in [6.07, 6.45) is 1.89. The minimum atomic E-state index is 0.00110. The molecule has 0 radical (unpaired) electrons. The number of aromatic nitrogens is 3. The quantitative estimate of drug-likeness (QED) is 0.198. The van der Waals surface area contributed by atoms with Crippen LogP contribution in [-0.4, -0.2) is 14.1 Å². The number of fused-ring (bicyclic) bond motifs is 9. The summed E-state index contributed by atoms with van der Waals surface area (Å²) in [6, 6.07) is 53.2. The molecule has 47 heavy (non-hydrogen) atoms. The van der Waals surface area contributed by atoms with Gasteiger partial charge in [0.2, 0.25) is 0 Å². The lowest BCUT2D eigenvalue weighted by molar-refractivity contribution is 0.660. The molecule has 6 aromatic carbocycles. The van der Waals surface area contributed by atoms with Crippen molar-refractivity contribution in [2.75, 3.05) is 0 Å². The summed E-state index contributed by atoms with van der Waals surface area (Å²) in [7, 11) is 0. The third kappa shape index (κ3) is 3.65. The summed E-state index contributed by atoms with van der Waals surface area (Å²) in [4.78, 5) is 4.85. The molecule has 0 atom stereocenters. The van der Waals surface area contributed by atoms with Gasteiger partial charge in [0.15, 0.2) is 0 Å². The fourth-order valence-electron chi connectivity index (χ4n) is 8.14. The van der Waals surface area contributed by atoms with E-state index >= 15 is 0 Å². The van der Waals surface area contributed by atoms with Gasteiger partial charge in [-0.3, -0.25) is 4.57 Å². The lowest BCUT2D eigenvalue weighted by Gasteiger charge is -2.21. The normalized spacial score (nSPS) is 13.5.